The molecule has 1 fully saturated rings. The zero-order valence-electron chi connectivity index (χ0n) is 17.3. The molecule has 2 heterocycles. The number of rotatable bonds is 7. The van der Waals surface area contributed by atoms with Crippen molar-refractivity contribution in [3.63, 3.8) is 0 Å². The summed E-state index contributed by atoms with van der Waals surface area (Å²) in [6, 6.07) is 7.34. The van der Waals surface area contributed by atoms with Gasteiger partial charge in [-0.2, -0.15) is 0 Å². The largest absolute Gasteiger partial charge is 0.493 e. The number of nitrogens with zero attached hydrogens (tertiary/aromatic N) is 2. The zero-order chi connectivity index (χ0) is 20.8. The quantitative estimate of drug-likeness (QED) is 0.428. The lowest BCUT2D eigenvalue weighted by Gasteiger charge is -2.26. The maximum atomic E-state index is 9.49. The molecule has 2 aromatic rings. The van der Waals surface area contributed by atoms with E-state index in [-0.39, 0.29) is 6.10 Å². The van der Waals surface area contributed by atoms with E-state index in [4.69, 9.17) is 18.6 Å². The first-order valence-electron chi connectivity index (χ1n) is 10.4. The van der Waals surface area contributed by atoms with Crippen LogP contribution in [0.2, 0.25) is 0 Å². The van der Waals surface area contributed by atoms with Crippen molar-refractivity contribution in [1.29, 1.82) is 0 Å². The van der Waals surface area contributed by atoms with Crippen LogP contribution in [0.4, 0.5) is 0 Å². The van der Waals surface area contributed by atoms with Crippen LogP contribution in [0.5, 0.6) is 5.75 Å². The Morgan fingerprint density at radius 2 is 2.10 bits per heavy atom. The first kappa shape index (κ1) is 20.7. The monoisotopic (exact) mass is 412 g/mol. The number of allylic oxidation sites excluding steroid dienone is 2. The van der Waals surface area contributed by atoms with Gasteiger partial charge >= 0.3 is 0 Å². The number of morpholine rings is 1. The maximum Gasteiger partial charge on any atom is 0.140 e. The van der Waals surface area contributed by atoms with E-state index in [0.29, 0.717) is 23.3 Å². The molecule has 7 nitrogen and oxygen atoms in total. The van der Waals surface area contributed by atoms with E-state index in [1.165, 1.54) is 0 Å². The molecule has 4 rings (SSSR count). The predicted molar refractivity (Wildman–Crippen MR) is 113 cm³/mol. The Bertz CT molecular complexity index is 989. The third-order valence-electron chi connectivity index (χ3n) is 5.46. The minimum absolute atomic E-state index is 0.0775. The normalized spacial score (nSPS) is 20.5. The van der Waals surface area contributed by atoms with Crippen LogP contribution >= 0.6 is 0 Å². The molecular formula is C23H28N2O5. The molecule has 0 amide bonds. The van der Waals surface area contributed by atoms with Gasteiger partial charge in [-0.25, -0.2) is 0 Å². The molecule has 1 atom stereocenters. The topological polar surface area (TPSA) is 76.7 Å². The Kier molecular flexibility index (Phi) is 6.84. The summed E-state index contributed by atoms with van der Waals surface area (Å²) < 4.78 is 22.8. The Morgan fingerprint density at radius 3 is 2.83 bits per heavy atom. The summed E-state index contributed by atoms with van der Waals surface area (Å²) in [6.45, 7) is 5.23. The molecule has 0 radical (unpaired) electrons. The van der Waals surface area contributed by atoms with Gasteiger partial charge in [-0.1, -0.05) is 23.4 Å². The summed E-state index contributed by atoms with van der Waals surface area (Å²) in [5.74, 6) is 1.38. The lowest BCUT2D eigenvalue weighted by Crippen LogP contribution is -2.37. The second kappa shape index (κ2) is 9.93. The van der Waals surface area contributed by atoms with Crippen LogP contribution in [0.1, 0.15) is 18.6 Å². The van der Waals surface area contributed by atoms with E-state index in [1.54, 1.807) is 13.2 Å². The molecule has 1 N–H and O–H groups in total. The van der Waals surface area contributed by atoms with Gasteiger partial charge in [0, 0.05) is 49.8 Å². The van der Waals surface area contributed by atoms with Crippen molar-refractivity contribution in [3.05, 3.63) is 53.6 Å². The molecule has 1 unspecified atom stereocenters. The number of hydrogen-bond acceptors (Lipinski definition) is 7. The summed E-state index contributed by atoms with van der Waals surface area (Å²) in [5.41, 5.74) is 1.56. The number of benzene rings is 1. The average Bonchev–Trinajstić information content (AvgIpc) is 2.81. The molecule has 1 aromatic heterocycles. The minimum Gasteiger partial charge on any atom is -0.493 e. The van der Waals surface area contributed by atoms with Crippen molar-refractivity contribution in [2.45, 2.75) is 18.9 Å². The van der Waals surface area contributed by atoms with Crippen LogP contribution in [0.25, 0.3) is 16.5 Å². The molecule has 0 bridgehead atoms. The lowest BCUT2D eigenvalue weighted by molar-refractivity contribution is 0.0358. The Labute approximate surface area is 175 Å². The van der Waals surface area contributed by atoms with Gasteiger partial charge in [0.05, 0.1) is 25.9 Å². The number of methoxy groups -OCH3 is 1. The smallest absolute Gasteiger partial charge is 0.140 e. The second-order valence-electron chi connectivity index (χ2n) is 7.44. The highest BCUT2D eigenvalue weighted by Crippen LogP contribution is 2.26. The standard InChI is InChI=1S/C23H28N2O5/c1-27-18-5-3-17(4-6-18)22-16-21(24-26)20-8-7-19(15-23(20)30-22)29-12-2-9-25-10-13-28-14-11-25/h3-5,7-8,15-16,18,26H,2,6,9-14H2,1H3/b24-21-. The molecule has 30 heavy (non-hydrogen) atoms. The van der Waals surface area contributed by atoms with Gasteiger partial charge in [-0.05, 0) is 25.0 Å². The first-order chi connectivity index (χ1) is 14.8. The summed E-state index contributed by atoms with van der Waals surface area (Å²) in [7, 11) is 1.69. The van der Waals surface area contributed by atoms with Crippen molar-refractivity contribution >= 4 is 16.5 Å². The SMILES string of the molecule is COC1C=CC(c2c/c(=N/O)c3ccc(OCCCN4CCOCC4)cc3o2)=CC1. The van der Waals surface area contributed by atoms with Gasteiger partial charge < -0.3 is 23.8 Å². The van der Waals surface area contributed by atoms with Gasteiger partial charge in [-0.15, -0.1) is 0 Å². The molecule has 0 saturated carbocycles. The maximum absolute atomic E-state index is 9.49. The van der Waals surface area contributed by atoms with E-state index < -0.39 is 0 Å². The van der Waals surface area contributed by atoms with Crippen molar-refractivity contribution in [2.75, 3.05) is 46.6 Å². The highest BCUT2D eigenvalue weighted by Gasteiger charge is 2.13. The van der Waals surface area contributed by atoms with Gasteiger partial charge in [0.2, 0.25) is 0 Å². The molecule has 7 heteroatoms. The molecule has 1 aliphatic heterocycles. The fourth-order valence-corrected chi connectivity index (χ4v) is 3.72. The lowest BCUT2D eigenvalue weighted by atomic mass is 10.0. The van der Waals surface area contributed by atoms with Gasteiger partial charge in [0.15, 0.2) is 0 Å². The molecule has 160 valence electrons. The molecule has 1 aromatic carbocycles. The molecule has 2 aliphatic rings. The van der Waals surface area contributed by atoms with Gasteiger partial charge in [0.1, 0.15) is 22.5 Å². The molecule has 0 spiro atoms. The van der Waals surface area contributed by atoms with E-state index in [2.05, 4.69) is 16.1 Å². The summed E-state index contributed by atoms with van der Waals surface area (Å²) in [5, 5.41) is 14.1. The Morgan fingerprint density at radius 1 is 1.23 bits per heavy atom. The van der Waals surface area contributed by atoms with Gasteiger partial charge in [0.25, 0.3) is 0 Å². The summed E-state index contributed by atoms with van der Waals surface area (Å²) >= 11 is 0. The average molecular weight is 412 g/mol. The third kappa shape index (κ3) is 4.92. The van der Waals surface area contributed by atoms with Crippen LogP contribution in [0, 0.1) is 0 Å². The van der Waals surface area contributed by atoms with Crippen molar-refractivity contribution in [2.24, 2.45) is 5.16 Å². The summed E-state index contributed by atoms with van der Waals surface area (Å²) in [4.78, 5) is 2.39. The third-order valence-corrected chi connectivity index (χ3v) is 5.46. The highest BCUT2D eigenvalue weighted by atomic mass is 16.5. The van der Waals surface area contributed by atoms with Crippen LogP contribution in [0.15, 0.2) is 52.1 Å². The number of ether oxygens (including phenoxy) is 3. The van der Waals surface area contributed by atoms with Crippen LogP contribution in [0.3, 0.4) is 0 Å². The highest BCUT2D eigenvalue weighted by molar-refractivity contribution is 5.81. The fourth-order valence-electron chi connectivity index (χ4n) is 3.72. The fraction of sp³-hybridized carbons (Fsp3) is 0.435. The second-order valence-corrected chi connectivity index (χ2v) is 7.44. The van der Waals surface area contributed by atoms with Crippen LogP contribution in [-0.2, 0) is 9.47 Å². The minimum atomic E-state index is 0.0775. The Balaban J connectivity index is 1.47. The number of hydrogen-bond donors (Lipinski definition) is 1. The van der Waals surface area contributed by atoms with Crippen LogP contribution < -0.4 is 10.1 Å². The van der Waals surface area contributed by atoms with Crippen LogP contribution in [-0.4, -0.2) is 62.8 Å². The zero-order valence-corrected chi connectivity index (χ0v) is 17.3. The van der Waals surface area contributed by atoms with E-state index in [0.717, 1.165) is 62.4 Å². The first-order valence-corrected chi connectivity index (χ1v) is 10.4. The molecular weight excluding hydrogens is 384 g/mol. The van der Waals surface area contributed by atoms with Gasteiger partial charge in [-0.3, -0.25) is 4.90 Å². The molecule has 1 aliphatic carbocycles. The number of fused-ring (bicyclic) bond motifs is 1. The molecule has 1 saturated heterocycles. The van der Waals surface area contributed by atoms with E-state index in [9.17, 15) is 5.21 Å². The Hall–Kier alpha value is -2.61. The predicted octanol–water partition coefficient (Wildman–Crippen LogP) is 3.18. The van der Waals surface area contributed by atoms with E-state index in [1.807, 2.05) is 30.4 Å². The van der Waals surface area contributed by atoms with E-state index >= 15 is 0 Å². The van der Waals surface area contributed by atoms with Crippen molar-refractivity contribution in [3.8, 4) is 5.75 Å². The summed E-state index contributed by atoms with van der Waals surface area (Å²) in [6.07, 6.45) is 7.83. The van der Waals surface area contributed by atoms with Crippen molar-refractivity contribution < 1.29 is 23.8 Å². The van der Waals surface area contributed by atoms with Crippen molar-refractivity contribution in [1.82, 2.24) is 4.90 Å².